The largest absolute Gasteiger partial charge is 0.506 e. The molecule has 14 heteroatoms. The van der Waals surface area contributed by atoms with Crippen molar-refractivity contribution < 1.29 is 55.5 Å². The number of aliphatic hydroxyl groups excluding tert-OH is 5. The lowest BCUT2D eigenvalue weighted by Gasteiger charge is -2.26. The lowest BCUT2D eigenvalue weighted by Crippen LogP contribution is -2.10. The predicted octanol–water partition coefficient (Wildman–Crippen LogP) is 11.7. The van der Waals surface area contributed by atoms with E-state index in [-0.39, 0.29) is 17.1 Å². The summed E-state index contributed by atoms with van der Waals surface area (Å²) in [7, 11) is 0. The Kier molecular flexibility index (Phi) is 11.1. The lowest BCUT2D eigenvalue weighted by atomic mass is 10.0. The SMILES string of the molecule is C=C(/C(O)=C(O)\C(O)=C(\O)CO)c1ccc(N(c2ccc(-c3ccccc3)cc2)c2ccc(-c3nc(-c4ccccc4)cc(-c4c(O)c(O)c(O)c(O)c4O)n3)c3c2oc2ccccc23)cc1. The number of benzene rings is 7. The molecule has 0 atom stereocenters. The molecule has 9 rings (SSSR count). The van der Waals surface area contributed by atoms with Crippen molar-refractivity contribution in [1.29, 1.82) is 0 Å². The smallest absolute Gasteiger partial charge is 0.208 e. The molecule has 0 bridgehead atoms. The number of hydrogen-bond acceptors (Lipinski definition) is 14. The molecule has 0 aliphatic heterocycles. The van der Waals surface area contributed by atoms with E-state index >= 15 is 0 Å². The van der Waals surface area contributed by atoms with Crippen molar-refractivity contribution >= 4 is 44.6 Å². The molecule has 0 fully saturated rings. The Balaban J connectivity index is 1.26. The second-order valence-corrected chi connectivity index (χ2v) is 15.3. The van der Waals surface area contributed by atoms with Gasteiger partial charge in [0, 0.05) is 38.8 Å². The maximum atomic E-state index is 11.1. The van der Waals surface area contributed by atoms with Crippen molar-refractivity contribution in [2.45, 2.75) is 0 Å². The summed E-state index contributed by atoms with van der Waals surface area (Å²) in [5.74, 6) is -8.93. The van der Waals surface area contributed by atoms with Crippen molar-refractivity contribution in [3.63, 3.8) is 0 Å². The summed E-state index contributed by atoms with van der Waals surface area (Å²) in [6.45, 7) is 2.89. The summed E-state index contributed by atoms with van der Waals surface area (Å²) < 4.78 is 6.73. The first kappa shape index (κ1) is 42.9. The van der Waals surface area contributed by atoms with Crippen LogP contribution in [0.5, 0.6) is 28.7 Å². The van der Waals surface area contributed by atoms with Gasteiger partial charge in [-0.25, -0.2) is 9.97 Å². The van der Waals surface area contributed by atoms with Gasteiger partial charge in [-0.2, -0.15) is 0 Å². The predicted molar refractivity (Wildman–Crippen MR) is 255 cm³/mol. The number of phenols is 5. The Morgan fingerprint density at radius 1 is 0.537 bits per heavy atom. The van der Waals surface area contributed by atoms with Gasteiger partial charge in [0.25, 0.3) is 0 Å². The van der Waals surface area contributed by atoms with Crippen molar-refractivity contribution in [2.75, 3.05) is 11.5 Å². The fraction of sp³-hybridized carbons (Fsp3) is 0.0189. The van der Waals surface area contributed by atoms with E-state index in [9.17, 15) is 51.1 Å². The minimum Gasteiger partial charge on any atom is -0.506 e. The molecule has 0 aliphatic rings. The fourth-order valence-electron chi connectivity index (χ4n) is 7.83. The molecule has 14 nitrogen and oxygen atoms in total. The van der Waals surface area contributed by atoms with Crippen LogP contribution >= 0.6 is 0 Å². The summed E-state index contributed by atoms with van der Waals surface area (Å²) in [5, 5.41) is 105. The molecule has 0 radical (unpaired) electrons. The number of aromatic hydroxyl groups is 5. The molecular formula is C53H39N3O11. The van der Waals surface area contributed by atoms with Crippen LogP contribution in [-0.4, -0.2) is 67.6 Å². The molecule has 2 heterocycles. The van der Waals surface area contributed by atoms with Gasteiger partial charge in [-0.05, 0) is 65.2 Å². The van der Waals surface area contributed by atoms with Crippen molar-refractivity contribution in [3.05, 3.63) is 187 Å². The Hall–Kier alpha value is -9.40. The minimum atomic E-state index is -1.11. The van der Waals surface area contributed by atoms with E-state index in [1.165, 1.54) is 6.07 Å². The molecule has 0 spiro atoms. The Morgan fingerprint density at radius 2 is 1.07 bits per heavy atom. The molecule has 332 valence electrons. The van der Waals surface area contributed by atoms with E-state index in [4.69, 9.17) is 14.4 Å². The highest BCUT2D eigenvalue weighted by molar-refractivity contribution is 6.16. The number of aliphatic hydroxyl groups is 5. The van der Waals surface area contributed by atoms with Crippen molar-refractivity contribution in [1.82, 2.24) is 9.97 Å². The van der Waals surface area contributed by atoms with E-state index in [1.54, 1.807) is 54.6 Å². The highest BCUT2D eigenvalue weighted by atomic mass is 16.4. The van der Waals surface area contributed by atoms with E-state index in [2.05, 4.69) is 6.58 Å². The molecule has 0 saturated heterocycles. The van der Waals surface area contributed by atoms with E-state index in [1.807, 2.05) is 95.9 Å². The third-order valence-electron chi connectivity index (χ3n) is 11.3. The number of aromatic nitrogens is 2. The molecular weight excluding hydrogens is 855 g/mol. The number of rotatable bonds is 11. The number of allylic oxidation sites excluding steroid dienone is 1. The quantitative estimate of drug-likeness (QED) is 0.0251. The summed E-state index contributed by atoms with van der Waals surface area (Å²) in [6, 6.07) is 46.0. The van der Waals surface area contributed by atoms with Crippen LogP contribution in [0.1, 0.15) is 5.56 Å². The number of phenolic OH excluding ortho intramolecular Hbond substituents is 5. The number of fused-ring (bicyclic) bond motifs is 3. The van der Waals surface area contributed by atoms with Gasteiger partial charge in [-0.3, -0.25) is 0 Å². The topological polar surface area (TPSA) is 244 Å². The van der Waals surface area contributed by atoms with Gasteiger partial charge in [0.2, 0.25) is 28.8 Å². The Labute approximate surface area is 381 Å². The summed E-state index contributed by atoms with van der Waals surface area (Å²) >= 11 is 0. The standard InChI is InChI=1S/C53H39N3O11/c1-28(44(59)48(63)45(60)40(58)27-57)29-16-20-33(21-17-29)56(34-22-18-31(19-23-34)30-10-4-2-5-11-30)39-25-24-36(42-35-14-8-9-15-41(35)67-52(39)42)53-54-37(32-12-6-3-7-13-32)26-38(55-53)43-46(61)49(64)51(66)50(65)47(43)62/h2-26,57-66H,1,27H2/b45-40-,48-44-. The van der Waals surface area contributed by atoms with Gasteiger partial charge in [0.05, 0.1) is 22.6 Å². The zero-order valence-electron chi connectivity index (χ0n) is 35.1. The van der Waals surface area contributed by atoms with Crippen LogP contribution in [0.15, 0.2) is 186 Å². The first-order valence-electron chi connectivity index (χ1n) is 20.5. The number of anilines is 3. The molecule has 67 heavy (non-hydrogen) atoms. The molecule has 9 aromatic rings. The van der Waals surface area contributed by atoms with Gasteiger partial charge in [-0.15, -0.1) is 0 Å². The van der Waals surface area contributed by atoms with Gasteiger partial charge in [-0.1, -0.05) is 110 Å². The highest BCUT2D eigenvalue weighted by Crippen LogP contribution is 2.55. The Morgan fingerprint density at radius 3 is 1.70 bits per heavy atom. The molecule has 7 aromatic carbocycles. The summed E-state index contributed by atoms with van der Waals surface area (Å²) in [5.41, 5.74) is 5.91. The van der Waals surface area contributed by atoms with Gasteiger partial charge in [0.15, 0.2) is 34.4 Å². The maximum absolute atomic E-state index is 11.1. The molecule has 10 N–H and O–H groups in total. The van der Waals surface area contributed by atoms with Gasteiger partial charge >= 0.3 is 0 Å². The van der Waals surface area contributed by atoms with Crippen molar-refractivity contribution in [3.8, 4) is 73.8 Å². The number of para-hydroxylation sites is 1. The van der Waals surface area contributed by atoms with Crippen LogP contribution in [-0.2, 0) is 0 Å². The Bertz CT molecular complexity index is 3410. The van der Waals surface area contributed by atoms with Crippen molar-refractivity contribution in [2.24, 2.45) is 0 Å². The molecule has 0 saturated carbocycles. The molecule has 0 amide bonds. The zero-order chi connectivity index (χ0) is 47.1. The van der Waals surface area contributed by atoms with Crippen LogP contribution in [0.4, 0.5) is 17.1 Å². The molecule has 0 aliphatic carbocycles. The van der Waals surface area contributed by atoms with E-state index in [0.29, 0.717) is 61.4 Å². The molecule has 2 aromatic heterocycles. The van der Waals surface area contributed by atoms with E-state index < -0.39 is 64.0 Å². The summed E-state index contributed by atoms with van der Waals surface area (Å²) in [6.07, 6.45) is 0. The zero-order valence-corrected chi connectivity index (χ0v) is 35.1. The normalized spacial score (nSPS) is 12.2. The van der Waals surface area contributed by atoms with Crippen LogP contribution in [0.3, 0.4) is 0 Å². The van der Waals surface area contributed by atoms with Gasteiger partial charge in [0.1, 0.15) is 12.2 Å². The highest BCUT2D eigenvalue weighted by Gasteiger charge is 2.28. The first-order valence-corrected chi connectivity index (χ1v) is 20.5. The first-order chi connectivity index (χ1) is 32.4. The van der Waals surface area contributed by atoms with Gasteiger partial charge < -0.3 is 60.4 Å². The average molecular weight is 894 g/mol. The monoisotopic (exact) mass is 893 g/mol. The second-order valence-electron chi connectivity index (χ2n) is 15.3. The fourth-order valence-corrected chi connectivity index (χ4v) is 7.83. The van der Waals surface area contributed by atoms with E-state index in [0.717, 1.165) is 11.1 Å². The number of furan rings is 1. The third-order valence-corrected chi connectivity index (χ3v) is 11.3. The maximum Gasteiger partial charge on any atom is 0.208 e. The average Bonchev–Trinajstić information content (AvgIpc) is 3.77. The second kappa shape index (κ2) is 17.3. The number of hydrogen-bond donors (Lipinski definition) is 10. The van der Waals surface area contributed by atoms with Crippen LogP contribution < -0.4 is 4.90 Å². The van der Waals surface area contributed by atoms with Crippen LogP contribution in [0, 0.1) is 0 Å². The number of nitrogens with zero attached hydrogens (tertiary/aromatic N) is 3. The van der Waals surface area contributed by atoms with Crippen LogP contribution in [0.25, 0.3) is 72.5 Å². The lowest BCUT2D eigenvalue weighted by molar-refractivity contribution is 0.213. The van der Waals surface area contributed by atoms with Crippen LogP contribution in [0.2, 0.25) is 0 Å². The molecule has 0 unspecified atom stereocenters. The summed E-state index contributed by atoms with van der Waals surface area (Å²) in [4.78, 5) is 11.7. The third kappa shape index (κ3) is 7.64. The minimum absolute atomic E-state index is 0.0954.